The molecule has 26 heavy (non-hydrogen) atoms. The van der Waals surface area contributed by atoms with Gasteiger partial charge in [0.25, 0.3) is 0 Å². The molecule has 0 aliphatic rings. The van der Waals surface area contributed by atoms with Crippen LogP contribution in [-0.2, 0) is 0 Å². The Morgan fingerprint density at radius 2 is 1.50 bits per heavy atom. The monoisotopic (exact) mass is 351 g/mol. The van der Waals surface area contributed by atoms with Gasteiger partial charge in [0.2, 0.25) is 5.75 Å². The number of rotatable bonds is 7. The number of para-hydroxylation sites is 3. The number of hydrogen-bond donors (Lipinski definition) is 0. The summed E-state index contributed by atoms with van der Waals surface area (Å²) in [5, 5.41) is 11.1. The normalized spacial score (nSPS) is 10.2. The molecule has 0 bridgehead atoms. The molecule has 0 radical (unpaired) electrons. The summed E-state index contributed by atoms with van der Waals surface area (Å²) in [5.74, 6) is 2.29. The highest BCUT2D eigenvalue weighted by Gasteiger charge is 2.16. The van der Waals surface area contributed by atoms with Crippen LogP contribution in [-0.4, -0.2) is 11.5 Å². The molecule has 132 valence electrons. The van der Waals surface area contributed by atoms with E-state index in [0.29, 0.717) is 29.6 Å². The Balaban J connectivity index is 1.88. The molecule has 0 unspecified atom stereocenters. The van der Waals surface area contributed by atoms with E-state index >= 15 is 0 Å². The van der Waals surface area contributed by atoms with Gasteiger partial charge in [0.1, 0.15) is 11.5 Å². The molecule has 0 atom stereocenters. The minimum Gasteiger partial charge on any atom is -0.490 e. The molecule has 6 heteroatoms. The van der Waals surface area contributed by atoms with Gasteiger partial charge in [0.05, 0.1) is 11.5 Å². The summed E-state index contributed by atoms with van der Waals surface area (Å²) >= 11 is 0. The fourth-order valence-electron chi connectivity index (χ4n) is 2.34. The minimum atomic E-state index is -0.480. The van der Waals surface area contributed by atoms with Crippen LogP contribution >= 0.6 is 0 Å². The second kappa shape index (κ2) is 8.02. The van der Waals surface area contributed by atoms with Crippen molar-refractivity contribution in [3.05, 3.63) is 82.9 Å². The van der Waals surface area contributed by atoms with Crippen LogP contribution in [0.3, 0.4) is 0 Å². The standard InChI is InChI=1S/C20H17NO5/c1-2-24-20-14-16(26-18-11-7-6-10-17(18)21(22)23)12-13-19(20)25-15-8-4-3-5-9-15/h3-14H,2H2,1H3. The summed E-state index contributed by atoms with van der Waals surface area (Å²) in [7, 11) is 0. The maximum absolute atomic E-state index is 11.1. The summed E-state index contributed by atoms with van der Waals surface area (Å²) in [6.45, 7) is 2.31. The molecule has 3 aromatic carbocycles. The highest BCUT2D eigenvalue weighted by molar-refractivity contribution is 5.52. The van der Waals surface area contributed by atoms with Gasteiger partial charge in [0, 0.05) is 12.1 Å². The second-order valence-corrected chi connectivity index (χ2v) is 5.28. The Hall–Kier alpha value is -3.54. The maximum Gasteiger partial charge on any atom is 0.311 e. The molecule has 0 heterocycles. The lowest BCUT2D eigenvalue weighted by atomic mass is 10.2. The van der Waals surface area contributed by atoms with E-state index in [1.807, 2.05) is 37.3 Å². The molecule has 0 aliphatic heterocycles. The first kappa shape index (κ1) is 17.3. The van der Waals surface area contributed by atoms with E-state index in [-0.39, 0.29) is 11.4 Å². The van der Waals surface area contributed by atoms with Gasteiger partial charge < -0.3 is 14.2 Å². The average Bonchev–Trinajstić information content (AvgIpc) is 2.65. The van der Waals surface area contributed by atoms with E-state index in [1.165, 1.54) is 6.07 Å². The second-order valence-electron chi connectivity index (χ2n) is 5.28. The van der Waals surface area contributed by atoms with Gasteiger partial charge in [-0.05, 0) is 37.3 Å². The fourth-order valence-corrected chi connectivity index (χ4v) is 2.34. The van der Waals surface area contributed by atoms with Crippen LogP contribution in [0.5, 0.6) is 28.7 Å². The summed E-state index contributed by atoms with van der Waals surface area (Å²) in [4.78, 5) is 10.6. The molecule has 6 nitrogen and oxygen atoms in total. The highest BCUT2D eigenvalue weighted by atomic mass is 16.6. The van der Waals surface area contributed by atoms with Crippen LogP contribution in [0.4, 0.5) is 5.69 Å². The van der Waals surface area contributed by atoms with E-state index in [9.17, 15) is 10.1 Å². The highest BCUT2D eigenvalue weighted by Crippen LogP contribution is 2.38. The predicted octanol–water partition coefficient (Wildman–Crippen LogP) is 5.58. The van der Waals surface area contributed by atoms with Gasteiger partial charge in [-0.15, -0.1) is 0 Å². The van der Waals surface area contributed by atoms with Crippen molar-refractivity contribution in [2.75, 3.05) is 6.61 Å². The molecule has 0 amide bonds. The number of ether oxygens (including phenoxy) is 3. The number of hydrogen-bond acceptors (Lipinski definition) is 5. The molecule has 3 rings (SSSR count). The summed E-state index contributed by atoms with van der Waals surface area (Å²) < 4.78 is 17.2. The average molecular weight is 351 g/mol. The number of nitrogens with zero attached hydrogens (tertiary/aromatic N) is 1. The molecule has 3 aromatic rings. The topological polar surface area (TPSA) is 70.8 Å². The van der Waals surface area contributed by atoms with Gasteiger partial charge in [-0.3, -0.25) is 10.1 Å². The Kier molecular flexibility index (Phi) is 5.34. The van der Waals surface area contributed by atoms with Crippen molar-refractivity contribution >= 4 is 5.69 Å². The summed E-state index contributed by atoms with van der Waals surface area (Å²) in [6.07, 6.45) is 0. The number of nitro benzene ring substituents is 1. The van der Waals surface area contributed by atoms with E-state index in [0.717, 1.165) is 0 Å². The lowest BCUT2D eigenvalue weighted by Gasteiger charge is -2.13. The summed E-state index contributed by atoms with van der Waals surface area (Å²) in [5.41, 5.74) is -0.102. The first-order chi connectivity index (χ1) is 12.7. The number of benzene rings is 3. The van der Waals surface area contributed by atoms with Crippen LogP contribution in [0, 0.1) is 10.1 Å². The smallest absolute Gasteiger partial charge is 0.311 e. The Morgan fingerprint density at radius 3 is 2.23 bits per heavy atom. The van der Waals surface area contributed by atoms with Gasteiger partial charge in [0.15, 0.2) is 11.5 Å². The van der Waals surface area contributed by atoms with Crippen molar-refractivity contribution < 1.29 is 19.1 Å². The lowest BCUT2D eigenvalue weighted by molar-refractivity contribution is -0.385. The van der Waals surface area contributed by atoms with Crippen LogP contribution in [0.15, 0.2) is 72.8 Å². The molecule has 0 saturated carbocycles. The zero-order valence-corrected chi connectivity index (χ0v) is 14.1. The van der Waals surface area contributed by atoms with E-state index in [4.69, 9.17) is 14.2 Å². The van der Waals surface area contributed by atoms with Crippen molar-refractivity contribution in [2.24, 2.45) is 0 Å². The third-order valence-corrected chi connectivity index (χ3v) is 3.48. The van der Waals surface area contributed by atoms with E-state index < -0.39 is 4.92 Å². The van der Waals surface area contributed by atoms with Gasteiger partial charge >= 0.3 is 5.69 Å². The number of nitro groups is 1. The third-order valence-electron chi connectivity index (χ3n) is 3.48. The molecular formula is C20H17NO5. The van der Waals surface area contributed by atoms with Gasteiger partial charge in [-0.25, -0.2) is 0 Å². The van der Waals surface area contributed by atoms with Crippen molar-refractivity contribution in [3.63, 3.8) is 0 Å². The predicted molar refractivity (Wildman–Crippen MR) is 97.3 cm³/mol. The molecule has 0 fully saturated rings. The molecule has 0 saturated heterocycles. The zero-order chi connectivity index (χ0) is 18.4. The molecule has 0 aliphatic carbocycles. The largest absolute Gasteiger partial charge is 0.490 e. The fraction of sp³-hybridized carbons (Fsp3) is 0.100. The molecule has 0 spiro atoms. The van der Waals surface area contributed by atoms with Crippen LogP contribution in [0.1, 0.15) is 6.92 Å². The van der Waals surface area contributed by atoms with Crippen LogP contribution in [0.2, 0.25) is 0 Å². The first-order valence-corrected chi connectivity index (χ1v) is 8.08. The Morgan fingerprint density at radius 1 is 0.808 bits per heavy atom. The van der Waals surface area contributed by atoms with Crippen molar-refractivity contribution in [1.29, 1.82) is 0 Å². The zero-order valence-electron chi connectivity index (χ0n) is 14.1. The van der Waals surface area contributed by atoms with Crippen molar-refractivity contribution in [2.45, 2.75) is 6.92 Å². The lowest BCUT2D eigenvalue weighted by Crippen LogP contribution is -1.97. The SMILES string of the molecule is CCOc1cc(Oc2ccccc2[N+](=O)[O-])ccc1Oc1ccccc1. The maximum atomic E-state index is 11.1. The molecule has 0 N–H and O–H groups in total. The van der Waals surface area contributed by atoms with Gasteiger partial charge in [-0.1, -0.05) is 30.3 Å². The van der Waals surface area contributed by atoms with Crippen LogP contribution in [0.25, 0.3) is 0 Å². The quantitative estimate of drug-likeness (QED) is 0.410. The third kappa shape index (κ3) is 4.10. The van der Waals surface area contributed by atoms with Crippen molar-refractivity contribution in [1.82, 2.24) is 0 Å². The molecular weight excluding hydrogens is 334 g/mol. The minimum absolute atomic E-state index is 0.102. The molecule has 0 aromatic heterocycles. The van der Waals surface area contributed by atoms with Gasteiger partial charge in [-0.2, -0.15) is 0 Å². The van der Waals surface area contributed by atoms with E-state index in [2.05, 4.69) is 0 Å². The summed E-state index contributed by atoms with van der Waals surface area (Å²) in [6, 6.07) is 20.6. The van der Waals surface area contributed by atoms with Crippen molar-refractivity contribution in [3.8, 4) is 28.7 Å². The first-order valence-electron chi connectivity index (χ1n) is 8.08. The van der Waals surface area contributed by atoms with E-state index in [1.54, 1.807) is 36.4 Å². The van der Waals surface area contributed by atoms with Crippen LogP contribution < -0.4 is 14.2 Å². The Bertz CT molecular complexity index is 896. The Labute approximate surface area is 150 Å².